The molecule has 0 aromatic rings. The van der Waals surface area contributed by atoms with Crippen LogP contribution in [0.15, 0.2) is 0 Å². The molecule has 0 radical (unpaired) electrons. The van der Waals surface area contributed by atoms with Crippen molar-refractivity contribution >= 4 is 70.6 Å². The predicted molar refractivity (Wildman–Crippen MR) is 106 cm³/mol. The SMILES string of the molecule is CSCCSCCSCCSCCSCCSC. The standard InChI is InChI=1S/C12H26S6/c1-13-3-5-15-7-9-17-11-12-18-10-8-16-6-4-14-2/h3-12H2,1-2H3. The first-order valence-electron chi connectivity index (χ1n) is 6.20. The summed E-state index contributed by atoms with van der Waals surface area (Å²) in [5, 5.41) is 0. The van der Waals surface area contributed by atoms with Gasteiger partial charge < -0.3 is 0 Å². The van der Waals surface area contributed by atoms with Crippen molar-refractivity contribution in [2.45, 2.75) is 0 Å². The first-order valence-corrected chi connectivity index (χ1v) is 13.6. The third-order valence-corrected chi connectivity index (χ3v) is 8.44. The third-order valence-electron chi connectivity index (χ3n) is 1.98. The molecule has 0 nitrogen and oxygen atoms in total. The van der Waals surface area contributed by atoms with Crippen LogP contribution in [0.4, 0.5) is 0 Å². The van der Waals surface area contributed by atoms with Gasteiger partial charge in [-0.1, -0.05) is 0 Å². The Morgan fingerprint density at radius 2 is 0.611 bits per heavy atom. The van der Waals surface area contributed by atoms with Crippen LogP contribution in [0.2, 0.25) is 0 Å². The molecule has 0 bridgehead atoms. The molecule has 0 aromatic carbocycles. The lowest BCUT2D eigenvalue weighted by atomic mass is 10.9. The van der Waals surface area contributed by atoms with Crippen LogP contribution in [0.3, 0.4) is 0 Å². The van der Waals surface area contributed by atoms with Crippen molar-refractivity contribution in [3.63, 3.8) is 0 Å². The van der Waals surface area contributed by atoms with Gasteiger partial charge in [0.1, 0.15) is 0 Å². The molecule has 0 fully saturated rings. The zero-order valence-electron chi connectivity index (χ0n) is 11.5. The fourth-order valence-corrected chi connectivity index (χ4v) is 6.97. The van der Waals surface area contributed by atoms with E-state index in [4.69, 9.17) is 0 Å². The molecule has 0 rings (SSSR count). The molecule has 0 aliphatic carbocycles. The van der Waals surface area contributed by atoms with E-state index < -0.39 is 0 Å². The van der Waals surface area contributed by atoms with E-state index in [0.717, 1.165) is 0 Å². The summed E-state index contributed by atoms with van der Waals surface area (Å²) in [5.74, 6) is 13.3. The Morgan fingerprint density at radius 3 is 0.833 bits per heavy atom. The second-order valence-corrected chi connectivity index (χ2v) is 10.3. The van der Waals surface area contributed by atoms with Crippen molar-refractivity contribution in [3.05, 3.63) is 0 Å². The third kappa shape index (κ3) is 18.1. The minimum absolute atomic E-state index is 1.30. The molecule has 110 valence electrons. The Kier molecular flexibility index (Phi) is 21.3. The molecule has 0 aliphatic rings. The van der Waals surface area contributed by atoms with Crippen LogP contribution in [0.1, 0.15) is 0 Å². The van der Waals surface area contributed by atoms with Crippen molar-refractivity contribution in [3.8, 4) is 0 Å². The molecule has 0 saturated heterocycles. The molecule has 0 spiro atoms. The highest BCUT2D eigenvalue weighted by atomic mass is 32.2. The van der Waals surface area contributed by atoms with Crippen molar-refractivity contribution in [2.75, 3.05) is 70.0 Å². The summed E-state index contributed by atoms with van der Waals surface area (Å²) in [7, 11) is 0. The summed E-state index contributed by atoms with van der Waals surface area (Å²) in [6, 6.07) is 0. The van der Waals surface area contributed by atoms with Gasteiger partial charge in [0.2, 0.25) is 0 Å². The topological polar surface area (TPSA) is 0 Å². The average molecular weight is 363 g/mol. The first kappa shape index (κ1) is 20.1. The normalized spacial score (nSPS) is 11.0. The van der Waals surface area contributed by atoms with Gasteiger partial charge in [-0.2, -0.15) is 70.6 Å². The molecule has 0 aliphatic heterocycles. The molecule has 6 heteroatoms. The van der Waals surface area contributed by atoms with Gasteiger partial charge in [-0.25, -0.2) is 0 Å². The highest BCUT2D eigenvalue weighted by Crippen LogP contribution is 2.13. The lowest BCUT2D eigenvalue weighted by Gasteiger charge is -2.03. The predicted octanol–water partition coefficient (Wildman–Crippen LogP) is 4.65. The van der Waals surface area contributed by atoms with Gasteiger partial charge in [-0.3, -0.25) is 0 Å². The second-order valence-electron chi connectivity index (χ2n) is 3.44. The van der Waals surface area contributed by atoms with E-state index in [1.165, 1.54) is 57.5 Å². The van der Waals surface area contributed by atoms with Crippen LogP contribution in [0, 0.1) is 0 Å². The number of hydrogen-bond acceptors (Lipinski definition) is 6. The number of thioether (sulfide) groups is 6. The monoisotopic (exact) mass is 362 g/mol. The van der Waals surface area contributed by atoms with E-state index in [0.29, 0.717) is 0 Å². The molecule has 0 heterocycles. The molecular weight excluding hydrogens is 337 g/mol. The van der Waals surface area contributed by atoms with Crippen LogP contribution < -0.4 is 0 Å². The summed E-state index contributed by atoms with van der Waals surface area (Å²) in [6.45, 7) is 0. The minimum atomic E-state index is 1.30. The highest BCUT2D eigenvalue weighted by Gasteiger charge is 1.93. The largest absolute Gasteiger partial charge is 0.165 e. The number of rotatable bonds is 15. The maximum absolute atomic E-state index is 2.19. The van der Waals surface area contributed by atoms with Crippen molar-refractivity contribution in [1.82, 2.24) is 0 Å². The van der Waals surface area contributed by atoms with E-state index in [2.05, 4.69) is 59.6 Å². The molecular formula is C12H26S6. The maximum Gasteiger partial charge on any atom is 0.00238 e. The Bertz CT molecular complexity index is 129. The molecule has 0 saturated carbocycles. The fourth-order valence-electron chi connectivity index (χ4n) is 1.05. The van der Waals surface area contributed by atoms with E-state index in [1.807, 2.05) is 23.5 Å². The van der Waals surface area contributed by atoms with Gasteiger partial charge in [0.15, 0.2) is 0 Å². The van der Waals surface area contributed by atoms with Gasteiger partial charge in [-0.05, 0) is 12.5 Å². The van der Waals surface area contributed by atoms with Crippen LogP contribution in [0.25, 0.3) is 0 Å². The van der Waals surface area contributed by atoms with Crippen molar-refractivity contribution < 1.29 is 0 Å². The minimum Gasteiger partial charge on any atom is -0.165 e. The van der Waals surface area contributed by atoms with Crippen LogP contribution >= 0.6 is 70.6 Å². The van der Waals surface area contributed by atoms with Gasteiger partial charge in [-0.15, -0.1) is 0 Å². The van der Waals surface area contributed by atoms with Crippen LogP contribution in [0.5, 0.6) is 0 Å². The van der Waals surface area contributed by atoms with E-state index in [9.17, 15) is 0 Å². The van der Waals surface area contributed by atoms with E-state index in [-0.39, 0.29) is 0 Å². The quantitative estimate of drug-likeness (QED) is 0.386. The van der Waals surface area contributed by atoms with Gasteiger partial charge >= 0.3 is 0 Å². The molecule has 0 amide bonds. The molecule has 0 atom stereocenters. The molecule has 18 heavy (non-hydrogen) atoms. The zero-order chi connectivity index (χ0) is 13.3. The van der Waals surface area contributed by atoms with Gasteiger partial charge in [0.05, 0.1) is 0 Å². The Morgan fingerprint density at radius 1 is 0.389 bits per heavy atom. The number of hydrogen-bond donors (Lipinski definition) is 0. The average Bonchev–Trinajstić information content (AvgIpc) is 2.39. The fraction of sp³-hybridized carbons (Fsp3) is 1.00. The Hall–Kier alpha value is 2.10. The highest BCUT2D eigenvalue weighted by molar-refractivity contribution is 8.06. The molecule has 0 N–H and O–H groups in total. The summed E-state index contributed by atoms with van der Waals surface area (Å²) >= 11 is 12.4. The summed E-state index contributed by atoms with van der Waals surface area (Å²) in [4.78, 5) is 0. The zero-order valence-corrected chi connectivity index (χ0v) is 16.4. The summed E-state index contributed by atoms with van der Waals surface area (Å²) in [5.41, 5.74) is 0. The Balaban J connectivity index is 2.86. The van der Waals surface area contributed by atoms with Crippen LogP contribution in [-0.2, 0) is 0 Å². The van der Waals surface area contributed by atoms with Crippen molar-refractivity contribution in [1.29, 1.82) is 0 Å². The lowest BCUT2D eigenvalue weighted by molar-refractivity contribution is 1.45. The van der Waals surface area contributed by atoms with Crippen LogP contribution in [-0.4, -0.2) is 70.0 Å². The van der Waals surface area contributed by atoms with E-state index in [1.54, 1.807) is 0 Å². The first-order chi connectivity index (χ1) is 8.91. The van der Waals surface area contributed by atoms with E-state index >= 15 is 0 Å². The second kappa shape index (κ2) is 19.1. The van der Waals surface area contributed by atoms with Gasteiger partial charge in [0, 0.05) is 57.5 Å². The summed E-state index contributed by atoms with van der Waals surface area (Å²) < 4.78 is 0. The molecule has 0 aromatic heterocycles. The van der Waals surface area contributed by atoms with Crippen molar-refractivity contribution in [2.24, 2.45) is 0 Å². The Labute approximate surface area is 139 Å². The maximum atomic E-state index is 2.19. The lowest BCUT2D eigenvalue weighted by Crippen LogP contribution is -1.94. The smallest absolute Gasteiger partial charge is 0.00238 e. The van der Waals surface area contributed by atoms with Gasteiger partial charge in [0.25, 0.3) is 0 Å². The summed E-state index contributed by atoms with van der Waals surface area (Å²) in [6.07, 6.45) is 4.37. The molecule has 0 unspecified atom stereocenters.